The van der Waals surface area contributed by atoms with Crippen molar-refractivity contribution in [2.24, 2.45) is 0 Å². The molecule has 0 unspecified atom stereocenters. The molecule has 0 aliphatic rings. The summed E-state index contributed by atoms with van der Waals surface area (Å²) in [5.74, 6) is 0.00888. The topological polar surface area (TPSA) is 41.1 Å². The molecule has 0 spiro atoms. The van der Waals surface area contributed by atoms with Crippen LogP contribution in [0.3, 0.4) is 0 Å². The Morgan fingerprint density at radius 2 is 1.81 bits per heavy atom. The quantitative estimate of drug-likeness (QED) is 0.836. The van der Waals surface area contributed by atoms with Crippen molar-refractivity contribution < 1.29 is 4.79 Å². The van der Waals surface area contributed by atoms with Crippen molar-refractivity contribution in [3.05, 3.63) is 58.1 Å². The van der Waals surface area contributed by atoms with Gasteiger partial charge in [0.25, 0.3) is 0 Å². The second-order valence-corrected chi connectivity index (χ2v) is 5.97. The molecule has 0 aliphatic heterocycles. The second-order valence-electron chi connectivity index (χ2n) is 5.05. The van der Waals surface area contributed by atoms with Crippen molar-refractivity contribution in [3.8, 4) is 0 Å². The van der Waals surface area contributed by atoms with Gasteiger partial charge in [-0.3, -0.25) is 4.79 Å². The van der Waals surface area contributed by atoms with E-state index in [1.54, 1.807) is 0 Å². The van der Waals surface area contributed by atoms with Gasteiger partial charge in [-0.25, -0.2) is 0 Å². The number of hydrogen-bond donors (Lipinski definition) is 2. The SMILES string of the molecule is Cc1ccc(NCCC(=O)Nc2ccc(Br)cc2)c(C)c1. The largest absolute Gasteiger partial charge is 0.384 e. The van der Waals surface area contributed by atoms with Crippen LogP contribution in [0.25, 0.3) is 0 Å². The normalized spacial score (nSPS) is 10.2. The second kappa shape index (κ2) is 7.27. The van der Waals surface area contributed by atoms with Crippen LogP contribution in [0.5, 0.6) is 0 Å². The molecule has 0 atom stereocenters. The van der Waals surface area contributed by atoms with Gasteiger partial charge in [-0.2, -0.15) is 0 Å². The first-order valence-corrected chi connectivity index (χ1v) is 7.70. The molecule has 0 heterocycles. The molecule has 0 saturated carbocycles. The number of carbonyl (C=O) groups excluding carboxylic acids is 1. The summed E-state index contributed by atoms with van der Waals surface area (Å²) in [7, 11) is 0. The number of amides is 1. The van der Waals surface area contributed by atoms with Crippen molar-refractivity contribution >= 4 is 33.2 Å². The first kappa shape index (κ1) is 15.6. The number of hydrogen-bond acceptors (Lipinski definition) is 2. The smallest absolute Gasteiger partial charge is 0.226 e. The molecular formula is C17H19BrN2O. The van der Waals surface area contributed by atoms with Crippen LogP contribution in [0.15, 0.2) is 46.9 Å². The Morgan fingerprint density at radius 3 is 2.48 bits per heavy atom. The van der Waals surface area contributed by atoms with E-state index in [2.05, 4.69) is 58.6 Å². The van der Waals surface area contributed by atoms with E-state index in [1.165, 1.54) is 11.1 Å². The Hall–Kier alpha value is -1.81. The van der Waals surface area contributed by atoms with E-state index in [9.17, 15) is 4.79 Å². The van der Waals surface area contributed by atoms with E-state index in [0.29, 0.717) is 13.0 Å². The van der Waals surface area contributed by atoms with E-state index >= 15 is 0 Å². The third-order valence-electron chi connectivity index (χ3n) is 3.18. The van der Waals surface area contributed by atoms with E-state index in [4.69, 9.17) is 0 Å². The fourth-order valence-electron chi connectivity index (χ4n) is 2.08. The molecule has 0 aromatic heterocycles. The maximum Gasteiger partial charge on any atom is 0.226 e. The van der Waals surface area contributed by atoms with Crippen LogP contribution in [-0.4, -0.2) is 12.5 Å². The van der Waals surface area contributed by atoms with Crippen LogP contribution < -0.4 is 10.6 Å². The zero-order valence-corrected chi connectivity index (χ0v) is 13.8. The first-order valence-electron chi connectivity index (χ1n) is 6.91. The Morgan fingerprint density at radius 1 is 1.10 bits per heavy atom. The monoisotopic (exact) mass is 346 g/mol. The lowest BCUT2D eigenvalue weighted by Gasteiger charge is -2.10. The predicted molar refractivity (Wildman–Crippen MR) is 91.8 cm³/mol. The number of anilines is 2. The summed E-state index contributed by atoms with van der Waals surface area (Å²) in [5.41, 5.74) is 4.33. The molecule has 21 heavy (non-hydrogen) atoms. The molecule has 0 bridgehead atoms. The van der Waals surface area contributed by atoms with Crippen molar-refractivity contribution in [1.29, 1.82) is 0 Å². The van der Waals surface area contributed by atoms with Gasteiger partial charge in [0.05, 0.1) is 0 Å². The summed E-state index contributed by atoms with van der Waals surface area (Å²) in [6, 6.07) is 13.8. The van der Waals surface area contributed by atoms with Gasteiger partial charge >= 0.3 is 0 Å². The molecular weight excluding hydrogens is 328 g/mol. The summed E-state index contributed by atoms with van der Waals surface area (Å²) in [5, 5.41) is 6.18. The highest BCUT2D eigenvalue weighted by molar-refractivity contribution is 9.10. The van der Waals surface area contributed by atoms with E-state index < -0.39 is 0 Å². The van der Waals surface area contributed by atoms with Crippen molar-refractivity contribution in [3.63, 3.8) is 0 Å². The molecule has 110 valence electrons. The van der Waals surface area contributed by atoms with Crippen LogP contribution in [0.2, 0.25) is 0 Å². The van der Waals surface area contributed by atoms with Crippen LogP contribution in [0.1, 0.15) is 17.5 Å². The lowest BCUT2D eigenvalue weighted by Crippen LogP contribution is -2.16. The van der Waals surface area contributed by atoms with Gasteiger partial charge in [0, 0.05) is 28.8 Å². The third kappa shape index (κ3) is 4.90. The molecule has 0 radical (unpaired) electrons. The van der Waals surface area contributed by atoms with Gasteiger partial charge in [-0.1, -0.05) is 33.6 Å². The minimum Gasteiger partial charge on any atom is -0.384 e. The highest BCUT2D eigenvalue weighted by Gasteiger charge is 2.03. The molecule has 4 heteroatoms. The molecule has 2 aromatic carbocycles. The summed E-state index contributed by atoms with van der Waals surface area (Å²) in [4.78, 5) is 11.9. The number of carbonyl (C=O) groups is 1. The summed E-state index contributed by atoms with van der Waals surface area (Å²) in [6.45, 7) is 4.76. The van der Waals surface area contributed by atoms with Gasteiger partial charge in [0.15, 0.2) is 0 Å². The Bertz CT molecular complexity index is 623. The van der Waals surface area contributed by atoms with Gasteiger partial charge in [0.2, 0.25) is 5.91 Å². The van der Waals surface area contributed by atoms with Gasteiger partial charge in [-0.15, -0.1) is 0 Å². The maximum absolute atomic E-state index is 11.9. The van der Waals surface area contributed by atoms with Crippen molar-refractivity contribution in [1.82, 2.24) is 0 Å². The third-order valence-corrected chi connectivity index (χ3v) is 3.71. The molecule has 0 saturated heterocycles. The van der Waals surface area contributed by atoms with E-state index in [-0.39, 0.29) is 5.91 Å². The zero-order chi connectivity index (χ0) is 15.2. The Kier molecular flexibility index (Phi) is 5.39. The average molecular weight is 347 g/mol. The van der Waals surface area contributed by atoms with E-state index in [1.807, 2.05) is 24.3 Å². The highest BCUT2D eigenvalue weighted by atomic mass is 79.9. The molecule has 0 fully saturated rings. The number of benzene rings is 2. The van der Waals surface area contributed by atoms with Crippen molar-refractivity contribution in [2.45, 2.75) is 20.3 Å². The number of aryl methyl sites for hydroxylation is 2. The summed E-state index contributed by atoms with van der Waals surface area (Å²) >= 11 is 3.37. The molecule has 2 rings (SSSR count). The standard InChI is InChI=1S/C17H19BrN2O/c1-12-3-8-16(13(2)11-12)19-10-9-17(21)20-15-6-4-14(18)5-7-15/h3-8,11,19H,9-10H2,1-2H3,(H,20,21). The van der Waals surface area contributed by atoms with Crippen LogP contribution in [0.4, 0.5) is 11.4 Å². The molecule has 1 amide bonds. The Balaban J connectivity index is 1.80. The Labute approximate surface area is 133 Å². The van der Waals surface area contributed by atoms with Crippen LogP contribution in [-0.2, 0) is 4.79 Å². The highest BCUT2D eigenvalue weighted by Crippen LogP contribution is 2.16. The molecule has 2 N–H and O–H groups in total. The fraction of sp³-hybridized carbons (Fsp3) is 0.235. The number of nitrogens with one attached hydrogen (secondary N) is 2. The van der Waals surface area contributed by atoms with E-state index in [0.717, 1.165) is 15.8 Å². The van der Waals surface area contributed by atoms with Crippen LogP contribution >= 0.6 is 15.9 Å². The minimum atomic E-state index is 0.00888. The predicted octanol–water partition coefficient (Wildman–Crippen LogP) is 4.51. The number of halogens is 1. The first-order chi connectivity index (χ1) is 10.0. The average Bonchev–Trinajstić information content (AvgIpc) is 2.44. The maximum atomic E-state index is 11.9. The lowest BCUT2D eigenvalue weighted by atomic mass is 10.1. The minimum absolute atomic E-state index is 0.00888. The van der Waals surface area contributed by atoms with Crippen LogP contribution in [0, 0.1) is 13.8 Å². The van der Waals surface area contributed by atoms with Gasteiger partial charge < -0.3 is 10.6 Å². The summed E-state index contributed by atoms with van der Waals surface area (Å²) < 4.78 is 0.997. The number of rotatable bonds is 5. The van der Waals surface area contributed by atoms with Gasteiger partial charge in [-0.05, 0) is 49.7 Å². The summed E-state index contributed by atoms with van der Waals surface area (Å²) in [6.07, 6.45) is 0.434. The van der Waals surface area contributed by atoms with Crippen molar-refractivity contribution in [2.75, 3.05) is 17.2 Å². The molecule has 3 nitrogen and oxygen atoms in total. The molecule has 2 aromatic rings. The fourth-order valence-corrected chi connectivity index (χ4v) is 2.34. The lowest BCUT2D eigenvalue weighted by molar-refractivity contribution is -0.115. The molecule has 0 aliphatic carbocycles. The van der Waals surface area contributed by atoms with Gasteiger partial charge in [0.1, 0.15) is 0 Å². The zero-order valence-electron chi connectivity index (χ0n) is 12.2.